The Balaban J connectivity index is 1.97. The van der Waals surface area contributed by atoms with Crippen LogP contribution in [0.4, 0.5) is 26.7 Å². The quantitative estimate of drug-likeness (QED) is 0.395. The van der Waals surface area contributed by atoms with Crippen molar-refractivity contribution in [2.24, 2.45) is 0 Å². The van der Waals surface area contributed by atoms with Gasteiger partial charge in [-0.2, -0.15) is 0 Å². The molecular weight excluding hydrogens is 357 g/mol. The minimum Gasteiger partial charge on any atom is -0.444 e. The second kappa shape index (κ2) is 6.25. The summed E-state index contributed by atoms with van der Waals surface area (Å²) in [5.41, 5.74) is -1.60. The second-order valence-corrected chi connectivity index (χ2v) is 7.53. The van der Waals surface area contributed by atoms with Crippen molar-refractivity contribution in [3.05, 3.63) is 40.7 Å². The van der Waals surface area contributed by atoms with Gasteiger partial charge in [-0.1, -0.05) is 6.08 Å². The summed E-state index contributed by atoms with van der Waals surface area (Å²) in [6.45, 7) is 5.15. The maximum absolute atomic E-state index is 14.1. The van der Waals surface area contributed by atoms with Crippen molar-refractivity contribution in [1.82, 2.24) is 4.90 Å². The highest BCUT2D eigenvalue weighted by atomic mass is 19.2. The minimum atomic E-state index is -2.18. The van der Waals surface area contributed by atoms with Crippen molar-refractivity contribution in [1.29, 1.82) is 0 Å². The van der Waals surface area contributed by atoms with Crippen molar-refractivity contribution < 1.29 is 31.5 Å². The van der Waals surface area contributed by atoms with Crippen LogP contribution in [0.3, 0.4) is 0 Å². The summed E-state index contributed by atoms with van der Waals surface area (Å²) in [7, 11) is 0. The number of fused-ring (bicyclic) bond motifs is 2. The fourth-order valence-electron chi connectivity index (χ4n) is 3.50. The number of nitrogens with zero attached hydrogens (tertiary/aromatic N) is 1. The molecular formula is C18H18F5NO2. The third-order valence-electron chi connectivity index (χ3n) is 4.53. The fourth-order valence-corrected chi connectivity index (χ4v) is 3.50. The van der Waals surface area contributed by atoms with Gasteiger partial charge < -0.3 is 4.74 Å². The summed E-state index contributed by atoms with van der Waals surface area (Å²) in [4.78, 5) is 13.8. The standard InChI is InChI=1S/C18H18F5NO2/c1-18(2,3)26-17(25)24-9-4-5-10(24)7-8(6-9)11-12(19)14(21)16(23)15(22)13(11)20/h6,9-10H,4-5,7H2,1-3H3. The van der Waals surface area contributed by atoms with Gasteiger partial charge in [0.25, 0.3) is 0 Å². The molecule has 26 heavy (non-hydrogen) atoms. The molecule has 3 rings (SSSR count). The maximum Gasteiger partial charge on any atom is 0.411 e. The molecule has 2 heterocycles. The van der Waals surface area contributed by atoms with Crippen LogP contribution < -0.4 is 0 Å². The number of hydrogen-bond acceptors (Lipinski definition) is 2. The molecule has 2 bridgehead atoms. The first kappa shape index (κ1) is 18.7. The zero-order chi connectivity index (χ0) is 19.4. The van der Waals surface area contributed by atoms with Crippen molar-refractivity contribution in [3.8, 4) is 0 Å². The third kappa shape index (κ3) is 3.05. The number of benzene rings is 1. The van der Waals surface area contributed by atoms with E-state index in [1.807, 2.05) is 0 Å². The van der Waals surface area contributed by atoms with Gasteiger partial charge in [0.15, 0.2) is 23.3 Å². The van der Waals surface area contributed by atoms with E-state index in [9.17, 15) is 26.7 Å². The number of amides is 1. The van der Waals surface area contributed by atoms with Gasteiger partial charge in [0, 0.05) is 6.04 Å². The Bertz CT molecular complexity index is 771. The predicted octanol–water partition coefficient (Wildman–Crippen LogP) is 4.94. The van der Waals surface area contributed by atoms with Crippen molar-refractivity contribution >= 4 is 11.7 Å². The lowest BCUT2D eigenvalue weighted by Crippen LogP contribution is -2.45. The fraction of sp³-hybridized carbons (Fsp3) is 0.500. The topological polar surface area (TPSA) is 29.5 Å². The van der Waals surface area contributed by atoms with E-state index in [1.165, 1.54) is 11.0 Å². The number of carbonyl (C=O) groups is 1. The highest BCUT2D eigenvalue weighted by molar-refractivity contribution is 5.75. The minimum absolute atomic E-state index is 0.00586. The third-order valence-corrected chi connectivity index (χ3v) is 4.53. The Morgan fingerprint density at radius 1 is 1.00 bits per heavy atom. The van der Waals surface area contributed by atoms with Gasteiger partial charge in [-0.25, -0.2) is 26.7 Å². The Hall–Kier alpha value is -2.12. The average Bonchev–Trinajstić information content (AvgIpc) is 2.81. The Labute approximate surface area is 147 Å². The van der Waals surface area contributed by atoms with Gasteiger partial charge in [-0.3, -0.25) is 4.90 Å². The van der Waals surface area contributed by atoms with Gasteiger partial charge in [0.2, 0.25) is 5.82 Å². The number of rotatable bonds is 1. The Morgan fingerprint density at radius 3 is 2.04 bits per heavy atom. The lowest BCUT2D eigenvalue weighted by molar-refractivity contribution is 0.0175. The molecule has 0 aliphatic carbocycles. The number of halogens is 5. The lowest BCUT2D eigenvalue weighted by atomic mass is 9.93. The van der Waals surface area contributed by atoms with Crippen LogP contribution in [0, 0.1) is 29.1 Å². The zero-order valence-electron chi connectivity index (χ0n) is 14.5. The molecule has 0 N–H and O–H groups in total. The van der Waals surface area contributed by atoms with Crippen molar-refractivity contribution in [2.75, 3.05) is 0 Å². The molecule has 2 unspecified atom stereocenters. The predicted molar refractivity (Wildman–Crippen MR) is 83.7 cm³/mol. The molecule has 2 aliphatic rings. The first-order valence-corrected chi connectivity index (χ1v) is 8.25. The van der Waals surface area contributed by atoms with E-state index < -0.39 is 58.4 Å². The van der Waals surface area contributed by atoms with Gasteiger partial charge in [0.05, 0.1) is 11.6 Å². The number of hydrogen-bond donors (Lipinski definition) is 0. The SMILES string of the molecule is CC(C)(C)OC(=O)N1C2C=C(c3c(F)c(F)c(F)c(F)c3F)CC1CC2. The molecule has 1 aromatic carbocycles. The smallest absolute Gasteiger partial charge is 0.411 e. The van der Waals surface area contributed by atoms with Crippen LogP contribution >= 0.6 is 0 Å². The van der Waals surface area contributed by atoms with Gasteiger partial charge in [-0.15, -0.1) is 0 Å². The second-order valence-electron chi connectivity index (χ2n) is 7.53. The maximum atomic E-state index is 14.1. The van der Waals surface area contributed by atoms with Crippen LogP contribution in [0.2, 0.25) is 0 Å². The van der Waals surface area contributed by atoms with Crippen LogP contribution in [0.1, 0.15) is 45.6 Å². The van der Waals surface area contributed by atoms with E-state index in [0.717, 1.165) is 0 Å². The number of ether oxygens (including phenoxy) is 1. The van der Waals surface area contributed by atoms with E-state index in [-0.39, 0.29) is 12.0 Å². The van der Waals surface area contributed by atoms with E-state index in [2.05, 4.69) is 0 Å². The van der Waals surface area contributed by atoms with Crippen molar-refractivity contribution in [3.63, 3.8) is 0 Å². The molecule has 142 valence electrons. The average molecular weight is 375 g/mol. The van der Waals surface area contributed by atoms with Crippen molar-refractivity contribution in [2.45, 2.75) is 57.7 Å². The first-order valence-electron chi connectivity index (χ1n) is 8.25. The van der Waals surface area contributed by atoms with E-state index in [1.54, 1.807) is 20.8 Å². The Morgan fingerprint density at radius 2 is 1.54 bits per heavy atom. The van der Waals surface area contributed by atoms with Gasteiger partial charge in [-0.05, 0) is 45.6 Å². The molecule has 1 amide bonds. The molecule has 1 aromatic rings. The van der Waals surface area contributed by atoms with E-state index in [4.69, 9.17) is 4.74 Å². The largest absolute Gasteiger partial charge is 0.444 e. The monoisotopic (exact) mass is 375 g/mol. The molecule has 2 aliphatic heterocycles. The molecule has 2 atom stereocenters. The molecule has 0 aromatic heterocycles. The summed E-state index contributed by atoms with van der Waals surface area (Å²) in [5.74, 6) is -9.82. The van der Waals surface area contributed by atoms with Crippen LogP contribution in [-0.2, 0) is 4.74 Å². The van der Waals surface area contributed by atoms with Gasteiger partial charge >= 0.3 is 6.09 Å². The first-order chi connectivity index (χ1) is 12.0. The zero-order valence-corrected chi connectivity index (χ0v) is 14.5. The number of carbonyl (C=O) groups excluding carboxylic acids is 1. The molecule has 8 heteroatoms. The molecule has 1 saturated heterocycles. The lowest BCUT2D eigenvalue weighted by Gasteiger charge is -2.35. The summed E-state index contributed by atoms with van der Waals surface area (Å²) in [6, 6.07) is -0.918. The highest BCUT2D eigenvalue weighted by Crippen LogP contribution is 2.41. The van der Waals surface area contributed by atoms with E-state index >= 15 is 0 Å². The van der Waals surface area contributed by atoms with Crippen LogP contribution in [-0.4, -0.2) is 28.7 Å². The molecule has 0 saturated carbocycles. The normalized spacial score (nSPS) is 22.5. The molecule has 1 fully saturated rings. The van der Waals surface area contributed by atoms with Crippen LogP contribution in [0.15, 0.2) is 6.08 Å². The molecule has 3 nitrogen and oxygen atoms in total. The molecule has 0 radical (unpaired) electrons. The molecule has 0 spiro atoms. The summed E-state index contributed by atoms with van der Waals surface area (Å²) < 4.78 is 73.7. The van der Waals surface area contributed by atoms with E-state index in [0.29, 0.717) is 12.8 Å². The summed E-state index contributed by atoms with van der Waals surface area (Å²) in [5, 5.41) is 0. The van der Waals surface area contributed by atoms with Gasteiger partial charge in [0.1, 0.15) is 5.60 Å². The van der Waals surface area contributed by atoms with Crippen LogP contribution in [0.25, 0.3) is 5.57 Å². The Kier molecular flexibility index (Phi) is 4.48. The van der Waals surface area contributed by atoms with Crippen LogP contribution in [0.5, 0.6) is 0 Å². The highest BCUT2D eigenvalue weighted by Gasteiger charge is 2.43. The summed E-state index contributed by atoms with van der Waals surface area (Å²) >= 11 is 0. The summed E-state index contributed by atoms with van der Waals surface area (Å²) in [6.07, 6.45) is 1.92.